The van der Waals surface area contributed by atoms with Gasteiger partial charge in [0.25, 0.3) is 0 Å². The zero-order chi connectivity index (χ0) is 21.9. The van der Waals surface area contributed by atoms with E-state index in [-0.39, 0.29) is 0 Å². The second-order valence-corrected chi connectivity index (χ2v) is 12.7. The molecule has 0 aromatic rings. The molecule has 170 valence electrons. The highest BCUT2D eigenvalue weighted by molar-refractivity contribution is 5.26. The minimum Gasteiger partial charge on any atom is -0.390 e. The van der Waals surface area contributed by atoms with Crippen LogP contribution < -0.4 is 0 Å². The van der Waals surface area contributed by atoms with Crippen LogP contribution in [0.2, 0.25) is 0 Å². The van der Waals surface area contributed by atoms with Gasteiger partial charge in [0.05, 0.1) is 11.2 Å². The average Bonchev–Trinajstić information content (AvgIpc) is 3.04. The second-order valence-electron chi connectivity index (χ2n) is 12.7. The molecule has 4 aliphatic rings. The second kappa shape index (κ2) is 7.48. The molecule has 2 nitrogen and oxygen atoms in total. The van der Waals surface area contributed by atoms with Crippen LogP contribution >= 0.6 is 0 Å². The number of rotatable bonds is 5. The Morgan fingerprint density at radius 3 is 2.60 bits per heavy atom. The Hall–Kier alpha value is -0.600. The molecule has 0 spiro atoms. The maximum atomic E-state index is 10.7. The van der Waals surface area contributed by atoms with Gasteiger partial charge in [-0.25, -0.2) is 0 Å². The third-order valence-corrected chi connectivity index (χ3v) is 10.7. The van der Waals surface area contributed by atoms with E-state index in [1.165, 1.54) is 32.1 Å². The predicted octanol–water partition coefficient (Wildman–Crippen LogP) is 6.67. The zero-order valence-corrected chi connectivity index (χ0v) is 20.2. The molecule has 0 aromatic carbocycles. The molecule has 0 amide bonds. The Morgan fingerprint density at radius 2 is 1.90 bits per heavy atom. The van der Waals surface area contributed by atoms with Crippen LogP contribution in [0.3, 0.4) is 0 Å². The molecule has 3 fully saturated rings. The Labute approximate surface area is 185 Å². The largest absolute Gasteiger partial charge is 0.390 e. The highest BCUT2D eigenvalue weighted by atomic mass is 16.3. The molecule has 0 bridgehead atoms. The van der Waals surface area contributed by atoms with Crippen LogP contribution in [0.15, 0.2) is 24.3 Å². The van der Waals surface area contributed by atoms with Crippen molar-refractivity contribution in [1.29, 1.82) is 0 Å². The van der Waals surface area contributed by atoms with Crippen molar-refractivity contribution in [1.82, 2.24) is 0 Å². The molecule has 2 N–H and O–H groups in total. The number of hydrogen-bond acceptors (Lipinski definition) is 2. The summed E-state index contributed by atoms with van der Waals surface area (Å²) in [5.41, 5.74) is 1.12. The SMILES string of the molecule is C=C[C@](C)(O)CC[C@@H](C)[C@H]1CCC2[C@@H]3CC=C4C[C@@](C)(O)CC[C@]4(C)[C@H]3CC[C@@]21C. The summed E-state index contributed by atoms with van der Waals surface area (Å²) in [6, 6.07) is 0. The molecule has 4 rings (SSSR count). The first kappa shape index (κ1) is 22.6. The Balaban J connectivity index is 1.51. The molecule has 30 heavy (non-hydrogen) atoms. The molecule has 0 aromatic heterocycles. The summed E-state index contributed by atoms with van der Waals surface area (Å²) in [5.74, 6) is 3.93. The van der Waals surface area contributed by atoms with Crippen LogP contribution in [0.1, 0.15) is 98.8 Å². The minimum atomic E-state index is -0.730. The van der Waals surface area contributed by atoms with Crippen molar-refractivity contribution >= 4 is 0 Å². The average molecular weight is 415 g/mol. The lowest BCUT2D eigenvalue weighted by Gasteiger charge is -2.59. The molecule has 0 aliphatic heterocycles. The normalized spacial score (nSPS) is 48.6. The molecule has 9 atom stereocenters. The lowest BCUT2D eigenvalue weighted by molar-refractivity contribution is -0.0711. The molecular weight excluding hydrogens is 368 g/mol. The van der Waals surface area contributed by atoms with Crippen LogP contribution in [0.4, 0.5) is 0 Å². The first-order valence-corrected chi connectivity index (χ1v) is 12.7. The van der Waals surface area contributed by atoms with Gasteiger partial charge in [-0.2, -0.15) is 0 Å². The van der Waals surface area contributed by atoms with Crippen molar-refractivity contribution in [3.05, 3.63) is 24.3 Å². The first-order chi connectivity index (χ1) is 13.9. The maximum Gasteiger partial charge on any atom is 0.0797 e. The van der Waals surface area contributed by atoms with E-state index in [1.807, 2.05) is 13.8 Å². The van der Waals surface area contributed by atoms with E-state index in [0.29, 0.717) is 16.7 Å². The van der Waals surface area contributed by atoms with Crippen LogP contribution in [0.5, 0.6) is 0 Å². The van der Waals surface area contributed by atoms with Gasteiger partial charge in [-0.05, 0) is 118 Å². The topological polar surface area (TPSA) is 40.5 Å². The summed E-state index contributed by atoms with van der Waals surface area (Å²) < 4.78 is 0. The van der Waals surface area contributed by atoms with Crippen LogP contribution in [0, 0.1) is 40.4 Å². The highest BCUT2D eigenvalue weighted by Gasteiger charge is 2.59. The quantitative estimate of drug-likeness (QED) is 0.493. The van der Waals surface area contributed by atoms with E-state index < -0.39 is 11.2 Å². The van der Waals surface area contributed by atoms with Crippen molar-refractivity contribution in [3.8, 4) is 0 Å². The third-order valence-electron chi connectivity index (χ3n) is 10.7. The maximum absolute atomic E-state index is 10.7. The lowest BCUT2D eigenvalue weighted by Crippen LogP contribution is -2.52. The summed E-state index contributed by atoms with van der Waals surface area (Å²) in [6.07, 6.45) is 15.9. The highest BCUT2D eigenvalue weighted by Crippen LogP contribution is 2.67. The fraction of sp³-hybridized carbons (Fsp3) is 0.857. The Kier molecular flexibility index (Phi) is 5.63. The molecule has 0 saturated heterocycles. The van der Waals surface area contributed by atoms with Gasteiger partial charge >= 0.3 is 0 Å². The van der Waals surface area contributed by atoms with Crippen LogP contribution in [-0.4, -0.2) is 21.4 Å². The minimum absolute atomic E-state index is 0.318. The standard InChI is InChI=1S/C28H46O2/c1-7-25(3,29)14-12-19(2)22-10-11-23-21-9-8-20-18-26(4,30)16-17-27(20,5)24(21)13-15-28(22,23)6/h7-8,19,21-24,29-30H,1,9-18H2,2-6H3/t19-,21+,22-,23?,24+,25+,26+,27+,28-/m1/s1. The zero-order valence-electron chi connectivity index (χ0n) is 20.2. The van der Waals surface area contributed by atoms with Gasteiger partial charge in [0.2, 0.25) is 0 Å². The number of allylic oxidation sites excluding steroid dienone is 1. The van der Waals surface area contributed by atoms with Crippen molar-refractivity contribution in [2.24, 2.45) is 40.4 Å². The molecule has 3 saturated carbocycles. The molecule has 1 unspecified atom stereocenters. The summed E-state index contributed by atoms with van der Waals surface area (Å²) in [5, 5.41) is 21.1. The summed E-state index contributed by atoms with van der Waals surface area (Å²) in [7, 11) is 0. The van der Waals surface area contributed by atoms with Gasteiger partial charge in [-0.3, -0.25) is 0 Å². The van der Waals surface area contributed by atoms with Gasteiger partial charge in [0.15, 0.2) is 0 Å². The number of aliphatic hydroxyl groups is 2. The summed E-state index contributed by atoms with van der Waals surface area (Å²) >= 11 is 0. The van der Waals surface area contributed by atoms with Gasteiger partial charge < -0.3 is 10.2 Å². The molecule has 0 radical (unpaired) electrons. The molecular formula is C28H46O2. The van der Waals surface area contributed by atoms with Crippen molar-refractivity contribution in [3.63, 3.8) is 0 Å². The van der Waals surface area contributed by atoms with E-state index in [1.54, 1.807) is 11.6 Å². The van der Waals surface area contributed by atoms with E-state index in [2.05, 4.69) is 33.4 Å². The van der Waals surface area contributed by atoms with Gasteiger partial charge in [0, 0.05) is 0 Å². The monoisotopic (exact) mass is 414 g/mol. The number of hydrogen-bond donors (Lipinski definition) is 2. The van der Waals surface area contributed by atoms with Gasteiger partial charge in [-0.15, -0.1) is 6.58 Å². The fourth-order valence-corrected chi connectivity index (χ4v) is 8.60. The Bertz CT molecular complexity index is 703. The smallest absolute Gasteiger partial charge is 0.0797 e. The Morgan fingerprint density at radius 1 is 1.17 bits per heavy atom. The van der Waals surface area contributed by atoms with E-state index >= 15 is 0 Å². The fourth-order valence-electron chi connectivity index (χ4n) is 8.60. The molecule has 2 heteroatoms. The van der Waals surface area contributed by atoms with Crippen molar-refractivity contribution in [2.45, 2.75) is 110 Å². The lowest BCUT2D eigenvalue weighted by atomic mass is 9.46. The number of fused-ring (bicyclic) bond motifs is 5. The van der Waals surface area contributed by atoms with Crippen LogP contribution in [0.25, 0.3) is 0 Å². The van der Waals surface area contributed by atoms with Crippen molar-refractivity contribution in [2.75, 3.05) is 0 Å². The van der Waals surface area contributed by atoms with E-state index in [9.17, 15) is 10.2 Å². The van der Waals surface area contributed by atoms with Gasteiger partial charge in [-0.1, -0.05) is 38.5 Å². The van der Waals surface area contributed by atoms with Gasteiger partial charge in [0.1, 0.15) is 0 Å². The van der Waals surface area contributed by atoms with Crippen LogP contribution in [-0.2, 0) is 0 Å². The van der Waals surface area contributed by atoms with E-state index in [4.69, 9.17) is 0 Å². The predicted molar refractivity (Wildman–Crippen MR) is 125 cm³/mol. The first-order valence-electron chi connectivity index (χ1n) is 12.7. The summed E-state index contributed by atoms with van der Waals surface area (Å²) in [4.78, 5) is 0. The molecule has 4 aliphatic carbocycles. The van der Waals surface area contributed by atoms with E-state index in [0.717, 1.165) is 55.8 Å². The third kappa shape index (κ3) is 3.64. The van der Waals surface area contributed by atoms with Crippen molar-refractivity contribution < 1.29 is 10.2 Å². The molecule has 0 heterocycles. The summed E-state index contributed by atoms with van der Waals surface area (Å²) in [6.45, 7) is 15.3.